The normalized spacial score (nSPS) is 12.8. The van der Waals surface area contributed by atoms with E-state index in [4.69, 9.17) is 9.84 Å². The van der Waals surface area contributed by atoms with Crippen molar-refractivity contribution in [2.75, 3.05) is 26.9 Å². The second kappa shape index (κ2) is 6.58. The summed E-state index contributed by atoms with van der Waals surface area (Å²) in [4.78, 5) is 0. The van der Waals surface area contributed by atoms with E-state index < -0.39 is 23.5 Å². The number of nitrogens with one attached hydrogen (secondary N) is 1. The molecule has 0 amide bonds. The van der Waals surface area contributed by atoms with Gasteiger partial charge in [0.1, 0.15) is 0 Å². The van der Waals surface area contributed by atoms with Gasteiger partial charge in [-0.05, 0) is 17.7 Å². The maximum Gasteiger partial charge on any atom is 0.194 e. The van der Waals surface area contributed by atoms with E-state index in [1.54, 1.807) is 0 Å². The van der Waals surface area contributed by atoms with Crippen LogP contribution in [0.15, 0.2) is 12.1 Å². The van der Waals surface area contributed by atoms with Gasteiger partial charge in [-0.25, -0.2) is 13.2 Å². The largest absolute Gasteiger partial charge is 0.394 e. The molecule has 6 heteroatoms. The van der Waals surface area contributed by atoms with E-state index in [0.29, 0.717) is 13.2 Å². The van der Waals surface area contributed by atoms with Crippen LogP contribution in [0.1, 0.15) is 11.6 Å². The first-order valence-electron chi connectivity index (χ1n) is 5.07. The molecule has 2 N–H and O–H groups in total. The second-order valence-corrected chi connectivity index (χ2v) is 3.48. The molecular formula is C11H14F3NO2. The van der Waals surface area contributed by atoms with Gasteiger partial charge in [0.05, 0.1) is 19.3 Å². The molecule has 1 atom stereocenters. The van der Waals surface area contributed by atoms with Crippen molar-refractivity contribution in [3.8, 4) is 0 Å². The summed E-state index contributed by atoms with van der Waals surface area (Å²) in [5.41, 5.74) is 0.153. The zero-order valence-electron chi connectivity index (χ0n) is 9.34. The molecule has 0 aliphatic heterocycles. The quantitative estimate of drug-likeness (QED) is 0.591. The Morgan fingerprint density at radius 1 is 1.29 bits per heavy atom. The fourth-order valence-corrected chi connectivity index (χ4v) is 1.40. The standard InChI is InChI=1S/C11H14F3NO2/c1-17-3-2-15-10(6-16)7-4-8(12)11(14)9(13)5-7/h4-5,10,15-16H,2-3,6H2,1H3. The van der Waals surface area contributed by atoms with Crippen molar-refractivity contribution in [2.24, 2.45) is 0 Å². The van der Waals surface area contributed by atoms with Gasteiger partial charge in [0.15, 0.2) is 17.5 Å². The van der Waals surface area contributed by atoms with Gasteiger partial charge in [0.2, 0.25) is 0 Å². The molecule has 0 aliphatic rings. The summed E-state index contributed by atoms with van der Waals surface area (Å²) in [6.45, 7) is 0.444. The first kappa shape index (κ1) is 14.0. The molecular weight excluding hydrogens is 235 g/mol. The molecule has 0 spiro atoms. The van der Waals surface area contributed by atoms with Crippen LogP contribution in [0.2, 0.25) is 0 Å². The highest BCUT2D eigenvalue weighted by atomic mass is 19.2. The van der Waals surface area contributed by atoms with E-state index in [-0.39, 0.29) is 12.2 Å². The summed E-state index contributed by atoms with van der Waals surface area (Å²) in [5.74, 6) is -4.05. The predicted molar refractivity (Wildman–Crippen MR) is 56.0 cm³/mol. The Balaban J connectivity index is 2.81. The fourth-order valence-electron chi connectivity index (χ4n) is 1.40. The van der Waals surface area contributed by atoms with Gasteiger partial charge in [0.25, 0.3) is 0 Å². The molecule has 0 aliphatic carbocycles. The Bertz CT molecular complexity index is 351. The highest BCUT2D eigenvalue weighted by Gasteiger charge is 2.16. The van der Waals surface area contributed by atoms with Gasteiger partial charge in [-0.1, -0.05) is 0 Å². The van der Waals surface area contributed by atoms with Crippen molar-refractivity contribution >= 4 is 0 Å². The number of methoxy groups -OCH3 is 1. The number of halogens is 3. The predicted octanol–water partition coefficient (Wildman–Crippen LogP) is 1.37. The molecule has 0 fully saturated rings. The van der Waals surface area contributed by atoms with Crippen molar-refractivity contribution in [1.29, 1.82) is 0 Å². The number of benzene rings is 1. The lowest BCUT2D eigenvalue weighted by Crippen LogP contribution is -2.28. The Labute approximate surface area is 97.2 Å². The number of rotatable bonds is 6. The van der Waals surface area contributed by atoms with Crippen LogP contribution in [0, 0.1) is 17.5 Å². The van der Waals surface area contributed by atoms with E-state index in [9.17, 15) is 13.2 Å². The summed E-state index contributed by atoms with van der Waals surface area (Å²) in [6, 6.07) is 1.06. The fraction of sp³-hybridized carbons (Fsp3) is 0.455. The van der Waals surface area contributed by atoms with Crippen LogP contribution in [-0.2, 0) is 4.74 Å². The number of ether oxygens (including phenoxy) is 1. The molecule has 0 heterocycles. The third-order valence-corrected chi connectivity index (χ3v) is 2.29. The Hall–Kier alpha value is -1.11. The lowest BCUT2D eigenvalue weighted by Gasteiger charge is -2.16. The van der Waals surface area contributed by atoms with E-state index in [1.165, 1.54) is 7.11 Å². The topological polar surface area (TPSA) is 41.5 Å². The maximum absolute atomic E-state index is 13.0. The van der Waals surface area contributed by atoms with Crippen molar-refractivity contribution < 1.29 is 23.0 Å². The van der Waals surface area contributed by atoms with Crippen molar-refractivity contribution in [3.05, 3.63) is 35.1 Å². The van der Waals surface area contributed by atoms with Crippen LogP contribution < -0.4 is 5.32 Å². The molecule has 0 saturated heterocycles. The molecule has 1 unspecified atom stereocenters. The molecule has 17 heavy (non-hydrogen) atoms. The SMILES string of the molecule is COCCNC(CO)c1cc(F)c(F)c(F)c1. The van der Waals surface area contributed by atoms with E-state index in [1.807, 2.05) is 0 Å². The number of aliphatic hydroxyl groups excluding tert-OH is 1. The maximum atomic E-state index is 13.0. The lowest BCUT2D eigenvalue weighted by atomic mass is 10.1. The zero-order chi connectivity index (χ0) is 12.8. The molecule has 0 radical (unpaired) electrons. The number of hydrogen-bond acceptors (Lipinski definition) is 3. The van der Waals surface area contributed by atoms with Crippen molar-refractivity contribution in [2.45, 2.75) is 6.04 Å². The number of aliphatic hydroxyl groups is 1. The minimum absolute atomic E-state index is 0.153. The average Bonchev–Trinajstić information content (AvgIpc) is 2.31. The van der Waals surface area contributed by atoms with E-state index in [0.717, 1.165) is 12.1 Å². The molecule has 0 bridgehead atoms. The third kappa shape index (κ3) is 3.69. The van der Waals surface area contributed by atoms with Crippen LogP contribution in [0.5, 0.6) is 0 Å². The van der Waals surface area contributed by atoms with Gasteiger partial charge in [-0.15, -0.1) is 0 Å². The highest BCUT2D eigenvalue weighted by molar-refractivity contribution is 5.22. The van der Waals surface area contributed by atoms with Crippen LogP contribution in [-0.4, -0.2) is 32.0 Å². The van der Waals surface area contributed by atoms with Crippen LogP contribution in [0.25, 0.3) is 0 Å². The monoisotopic (exact) mass is 249 g/mol. The Morgan fingerprint density at radius 3 is 2.35 bits per heavy atom. The van der Waals surface area contributed by atoms with Crippen LogP contribution in [0.4, 0.5) is 13.2 Å². The van der Waals surface area contributed by atoms with Crippen molar-refractivity contribution in [1.82, 2.24) is 5.32 Å². The summed E-state index contributed by atoms with van der Waals surface area (Å²) < 4.78 is 43.5. The summed E-state index contributed by atoms with van der Waals surface area (Å²) in [5, 5.41) is 11.9. The molecule has 3 nitrogen and oxygen atoms in total. The van der Waals surface area contributed by atoms with E-state index in [2.05, 4.69) is 5.32 Å². The molecule has 0 saturated carbocycles. The number of hydrogen-bond donors (Lipinski definition) is 2. The van der Waals surface area contributed by atoms with Gasteiger partial charge in [0, 0.05) is 13.7 Å². The first-order chi connectivity index (χ1) is 8.10. The molecule has 1 rings (SSSR count). The molecule has 0 aromatic heterocycles. The molecule has 96 valence electrons. The third-order valence-electron chi connectivity index (χ3n) is 2.29. The average molecular weight is 249 g/mol. The van der Waals surface area contributed by atoms with Crippen molar-refractivity contribution in [3.63, 3.8) is 0 Å². The first-order valence-corrected chi connectivity index (χ1v) is 5.07. The summed E-state index contributed by atoms with van der Waals surface area (Å²) >= 11 is 0. The zero-order valence-corrected chi connectivity index (χ0v) is 9.34. The lowest BCUT2D eigenvalue weighted by molar-refractivity contribution is 0.184. The Kier molecular flexibility index (Phi) is 5.40. The smallest absolute Gasteiger partial charge is 0.194 e. The summed E-state index contributed by atoms with van der Waals surface area (Å²) in [6.07, 6.45) is 0. The van der Waals surface area contributed by atoms with E-state index >= 15 is 0 Å². The molecule has 1 aromatic carbocycles. The van der Waals surface area contributed by atoms with Gasteiger partial charge in [-0.2, -0.15) is 0 Å². The minimum Gasteiger partial charge on any atom is -0.394 e. The van der Waals surface area contributed by atoms with Crippen LogP contribution in [0.3, 0.4) is 0 Å². The van der Waals surface area contributed by atoms with Gasteiger partial charge < -0.3 is 15.2 Å². The van der Waals surface area contributed by atoms with Crippen LogP contribution >= 0.6 is 0 Å². The Morgan fingerprint density at radius 2 is 1.88 bits per heavy atom. The molecule has 1 aromatic rings. The van der Waals surface area contributed by atoms with Gasteiger partial charge in [-0.3, -0.25) is 0 Å². The second-order valence-electron chi connectivity index (χ2n) is 3.48. The summed E-state index contributed by atoms with van der Waals surface area (Å²) in [7, 11) is 1.51. The highest BCUT2D eigenvalue weighted by Crippen LogP contribution is 2.19. The minimum atomic E-state index is -1.51. The van der Waals surface area contributed by atoms with Gasteiger partial charge >= 0.3 is 0 Å².